The Morgan fingerprint density at radius 1 is 1.13 bits per heavy atom. The zero-order chi connectivity index (χ0) is 21.5. The van der Waals surface area contributed by atoms with E-state index in [-0.39, 0.29) is 30.3 Å². The summed E-state index contributed by atoms with van der Waals surface area (Å²) in [4.78, 5) is 27.4. The molecule has 3 rings (SSSR count). The molecule has 0 aliphatic heterocycles. The van der Waals surface area contributed by atoms with Gasteiger partial charge in [-0.1, -0.05) is 37.1 Å². The van der Waals surface area contributed by atoms with Crippen molar-refractivity contribution in [3.63, 3.8) is 0 Å². The lowest BCUT2D eigenvalue weighted by Gasteiger charge is -2.30. The molecular weight excluding hydrogens is 383 g/mol. The molecule has 0 spiro atoms. The molecule has 1 aliphatic carbocycles. The summed E-state index contributed by atoms with van der Waals surface area (Å²) in [5.41, 5.74) is 2.03. The molecule has 5 nitrogen and oxygen atoms in total. The Labute approximate surface area is 177 Å². The van der Waals surface area contributed by atoms with Crippen LogP contribution in [-0.4, -0.2) is 35.4 Å². The molecule has 30 heavy (non-hydrogen) atoms. The molecule has 1 N–H and O–H groups in total. The van der Waals surface area contributed by atoms with Gasteiger partial charge in [0.1, 0.15) is 17.6 Å². The maximum Gasteiger partial charge on any atom is 0.261 e. The van der Waals surface area contributed by atoms with Crippen molar-refractivity contribution in [3.05, 3.63) is 65.5 Å². The van der Waals surface area contributed by atoms with Gasteiger partial charge in [0.2, 0.25) is 5.91 Å². The van der Waals surface area contributed by atoms with Crippen molar-refractivity contribution in [1.82, 2.24) is 10.2 Å². The van der Waals surface area contributed by atoms with Crippen molar-refractivity contribution in [2.75, 3.05) is 6.61 Å². The van der Waals surface area contributed by atoms with Crippen LogP contribution in [0.3, 0.4) is 0 Å². The normalized spacial score (nSPS) is 14.9. The van der Waals surface area contributed by atoms with E-state index in [2.05, 4.69) is 5.32 Å². The standard InChI is InChI=1S/C24H29FN2O3/c1-17-7-3-4-8-19(17)15-27(18(2)24(29)26-21-9-5-6-10-21)23(28)16-30-22-13-11-20(25)12-14-22/h3-4,7-8,11-14,18,21H,5-6,9-10,15-16H2,1-2H3,(H,26,29)/t18-/m1/s1. The number of halogens is 1. The van der Waals surface area contributed by atoms with E-state index in [1.165, 1.54) is 24.3 Å². The third-order valence-corrected chi connectivity index (χ3v) is 5.65. The number of carbonyl (C=O) groups excluding carboxylic acids is 2. The SMILES string of the molecule is Cc1ccccc1CN(C(=O)COc1ccc(F)cc1)[C@H](C)C(=O)NC1CCCC1. The van der Waals surface area contributed by atoms with E-state index in [1.54, 1.807) is 11.8 Å². The number of nitrogens with one attached hydrogen (secondary N) is 1. The van der Waals surface area contributed by atoms with Crippen molar-refractivity contribution in [2.24, 2.45) is 0 Å². The highest BCUT2D eigenvalue weighted by Gasteiger charge is 2.29. The summed E-state index contributed by atoms with van der Waals surface area (Å²) in [7, 11) is 0. The summed E-state index contributed by atoms with van der Waals surface area (Å²) in [6.45, 7) is 3.82. The predicted octanol–water partition coefficient (Wildman–Crippen LogP) is 3.99. The highest BCUT2D eigenvalue weighted by atomic mass is 19.1. The number of aryl methyl sites for hydroxylation is 1. The molecule has 0 aromatic heterocycles. The molecule has 1 fully saturated rings. The lowest BCUT2D eigenvalue weighted by molar-refractivity contribution is -0.142. The smallest absolute Gasteiger partial charge is 0.261 e. The third kappa shape index (κ3) is 5.81. The topological polar surface area (TPSA) is 58.6 Å². The quantitative estimate of drug-likeness (QED) is 0.713. The average Bonchev–Trinajstić information content (AvgIpc) is 3.25. The van der Waals surface area contributed by atoms with Gasteiger partial charge in [-0.3, -0.25) is 9.59 Å². The number of nitrogens with zero attached hydrogens (tertiary/aromatic N) is 1. The minimum atomic E-state index is -0.630. The van der Waals surface area contributed by atoms with Gasteiger partial charge in [0.15, 0.2) is 6.61 Å². The highest BCUT2D eigenvalue weighted by molar-refractivity contribution is 5.88. The third-order valence-electron chi connectivity index (χ3n) is 5.65. The minimum absolute atomic E-state index is 0.148. The largest absolute Gasteiger partial charge is 0.484 e. The van der Waals surface area contributed by atoms with Crippen LogP contribution in [0.5, 0.6) is 5.75 Å². The van der Waals surface area contributed by atoms with E-state index in [0.717, 1.165) is 36.8 Å². The van der Waals surface area contributed by atoms with Crippen LogP contribution in [-0.2, 0) is 16.1 Å². The summed E-state index contributed by atoms with van der Waals surface area (Å²) in [6, 6.07) is 12.9. The van der Waals surface area contributed by atoms with Gasteiger partial charge in [-0.2, -0.15) is 0 Å². The first-order chi connectivity index (χ1) is 14.4. The first kappa shape index (κ1) is 21.8. The molecule has 0 unspecified atom stereocenters. The molecule has 2 amide bonds. The van der Waals surface area contributed by atoms with Gasteiger partial charge in [0.05, 0.1) is 0 Å². The fourth-order valence-corrected chi connectivity index (χ4v) is 3.70. The van der Waals surface area contributed by atoms with Crippen LogP contribution in [0, 0.1) is 12.7 Å². The number of benzene rings is 2. The number of rotatable bonds is 8. The Hall–Kier alpha value is -2.89. The molecule has 0 heterocycles. The number of hydrogen-bond donors (Lipinski definition) is 1. The highest BCUT2D eigenvalue weighted by Crippen LogP contribution is 2.19. The van der Waals surface area contributed by atoms with Crippen LogP contribution in [0.2, 0.25) is 0 Å². The number of hydrogen-bond acceptors (Lipinski definition) is 3. The molecule has 1 aliphatic rings. The zero-order valence-electron chi connectivity index (χ0n) is 17.6. The van der Waals surface area contributed by atoms with Crippen molar-refractivity contribution in [2.45, 2.75) is 58.2 Å². The molecule has 0 radical (unpaired) electrons. The zero-order valence-corrected chi connectivity index (χ0v) is 17.6. The van der Waals surface area contributed by atoms with Gasteiger partial charge in [-0.05, 0) is 62.1 Å². The van der Waals surface area contributed by atoms with Crippen LogP contribution in [0.4, 0.5) is 4.39 Å². The molecule has 0 saturated heterocycles. The van der Waals surface area contributed by atoms with Crippen molar-refractivity contribution >= 4 is 11.8 Å². The molecule has 0 bridgehead atoms. The summed E-state index contributed by atoms with van der Waals surface area (Å²) in [5.74, 6) is -0.405. The molecule has 160 valence electrons. The molecule has 1 atom stereocenters. The molecular formula is C24H29FN2O3. The maximum atomic E-state index is 13.1. The maximum absolute atomic E-state index is 13.1. The molecule has 6 heteroatoms. The van der Waals surface area contributed by atoms with Crippen LogP contribution >= 0.6 is 0 Å². The predicted molar refractivity (Wildman–Crippen MR) is 113 cm³/mol. The van der Waals surface area contributed by atoms with Crippen molar-refractivity contribution in [1.29, 1.82) is 0 Å². The van der Waals surface area contributed by atoms with E-state index in [1.807, 2.05) is 31.2 Å². The van der Waals surface area contributed by atoms with E-state index >= 15 is 0 Å². The van der Waals surface area contributed by atoms with E-state index in [0.29, 0.717) is 12.3 Å². The van der Waals surface area contributed by atoms with Gasteiger partial charge in [-0.25, -0.2) is 4.39 Å². The average molecular weight is 413 g/mol. The molecule has 2 aromatic carbocycles. The Morgan fingerprint density at radius 3 is 2.47 bits per heavy atom. The van der Waals surface area contributed by atoms with Crippen LogP contribution in [0.1, 0.15) is 43.7 Å². The molecule has 2 aromatic rings. The first-order valence-electron chi connectivity index (χ1n) is 10.5. The Kier molecular flexibility index (Phi) is 7.44. The number of amides is 2. The summed E-state index contributed by atoms with van der Waals surface area (Å²) in [6.07, 6.45) is 4.21. The van der Waals surface area contributed by atoms with Gasteiger partial charge in [-0.15, -0.1) is 0 Å². The van der Waals surface area contributed by atoms with Gasteiger partial charge in [0.25, 0.3) is 5.91 Å². The summed E-state index contributed by atoms with van der Waals surface area (Å²) in [5, 5.41) is 3.08. The van der Waals surface area contributed by atoms with E-state index < -0.39 is 6.04 Å². The van der Waals surface area contributed by atoms with Crippen LogP contribution in [0.15, 0.2) is 48.5 Å². The van der Waals surface area contributed by atoms with Crippen LogP contribution < -0.4 is 10.1 Å². The summed E-state index contributed by atoms with van der Waals surface area (Å²) < 4.78 is 18.6. The van der Waals surface area contributed by atoms with E-state index in [9.17, 15) is 14.0 Å². The summed E-state index contributed by atoms with van der Waals surface area (Å²) >= 11 is 0. The van der Waals surface area contributed by atoms with Crippen LogP contribution in [0.25, 0.3) is 0 Å². The van der Waals surface area contributed by atoms with Gasteiger partial charge >= 0.3 is 0 Å². The van der Waals surface area contributed by atoms with Gasteiger partial charge in [0, 0.05) is 12.6 Å². The fourth-order valence-electron chi connectivity index (χ4n) is 3.70. The van der Waals surface area contributed by atoms with E-state index in [4.69, 9.17) is 4.74 Å². The lowest BCUT2D eigenvalue weighted by atomic mass is 10.1. The second-order valence-electron chi connectivity index (χ2n) is 7.86. The Morgan fingerprint density at radius 2 is 1.80 bits per heavy atom. The minimum Gasteiger partial charge on any atom is -0.484 e. The monoisotopic (exact) mass is 412 g/mol. The second-order valence-corrected chi connectivity index (χ2v) is 7.86. The van der Waals surface area contributed by atoms with Crippen molar-refractivity contribution in [3.8, 4) is 5.75 Å². The Balaban J connectivity index is 1.71. The van der Waals surface area contributed by atoms with Crippen molar-refractivity contribution < 1.29 is 18.7 Å². The number of ether oxygens (including phenoxy) is 1. The Bertz CT molecular complexity index is 863. The molecule has 1 saturated carbocycles. The fraction of sp³-hybridized carbons (Fsp3) is 0.417. The first-order valence-corrected chi connectivity index (χ1v) is 10.5. The van der Waals surface area contributed by atoms with Gasteiger partial charge < -0.3 is 15.0 Å². The second kappa shape index (κ2) is 10.2. The number of carbonyl (C=O) groups is 2. The lowest BCUT2D eigenvalue weighted by Crippen LogP contribution is -2.50.